The summed E-state index contributed by atoms with van der Waals surface area (Å²) >= 11 is 0. The maximum Gasteiger partial charge on any atom is 0.315 e. The first-order valence-corrected chi connectivity index (χ1v) is 8.38. The van der Waals surface area contributed by atoms with E-state index in [1.807, 2.05) is 0 Å². The molecule has 0 unspecified atom stereocenters. The number of fused-ring (bicyclic) bond motifs is 1. The molecule has 28 heavy (non-hydrogen) atoms. The molecule has 0 spiro atoms. The number of benzene rings is 2. The van der Waals surface area contributed by atoms with Crippen molar-refractivity contribution < 1.29 is 19.5 Å². The van der Waals surface area contributed by atoms with E-state index >= 15 is 0 Å². The Kier molecular flexibility index (Phi) is 5.28. The second kappa shape index (κ2) is 7.81. The Morgan fingerprint density at radius 1 is 1.04 bits per heavy atom. The van der Waals surface area contributed by atoms with Crippen molar-refractivity contribution in [3.63, 3.8) is 0 Å². The fourth-order valence-corrected chi connectivity index (χ4v) is 2.70. The molecule has 3 aromatic rings. The van der Waals surface area contributed by atoms with E-state index in [2.05, 4.69) is 4.98 Å². The van der Waals surface area contributed by atoms with Gasteiger partial charge in [-0.2, -0.15) is 0 Å². The number of aryl methyl sites for hydroxylation is 1. The van der Waals surface area contributed by atoms with Crippen molar-refractivity contribution in [2.45, 2.75) is 6.92 Å². The van der Waals surface area contributed by atoms with Gasteiger partial charge in [-0.25, -0.2) is 10.9 Å². The van der Waals surface area contributed by atoms with Crippen molar-refractivity contribution in [3.05, 3.63) is 83.6 Å². The normalized spacial score (nSPS) is 11.3. The highest BCUT2D eigenvalue weighted by Gasteiger charge is 2.26. The first kappa shape index (κ1) is 18.9. The van der Waals surface area contributed by atoms with Crippen molar-refractivity contribution in [1.29, 1.82) is 0 Å². The summed E-state index contributed by atoms with van der Waals surface area (Å²) in [7, 11) is 0. The zero-order valence-electron chi connectivity index (χ0n) is 15.0. The average molecular weight is 375 g/mol. The Labute approximate surface area is 160 Å². The molecule has 140 valence electrons. The third kappa shape index (κ3) is 3.79. The molecule has 1 aromatic heterocycles. The molecule has 0 saturated heterocycles. The molecule has 7 nitrogen and oxygen atoms in total. The molecule has 3 N–H and O–H groups in total. The van der Waals surface area contributed by atoms with E-state index in [1.165, 1.54) is 6.07 Å². The molecule has 1 heterocycles. The molecule has 0 aliphatic heterocycles. The van der Waals surface area contributed by atoms with E-state index in [0.29, 0.717) is 22.2 Å². The number of pyridine rings is 1. The van der Waals surface area contributed by atoms with Crippen LogP contribution in [0.2, 0.25) is 0 Å². The molecule has 0 aliphatic carbocycles. The number of aliphatic hydroxyl groups excluding tert-OH is 1. The molecule has 0 radical (unpaired) electrons. The number of nitrogens with zero attached hydrogens (tertiary/aromatic N) is 2. The summed E-state index contributed by atoms with van der Waals surface area (Å²) in [6, 6.07) is 16.6. The zero-order valence-corrected chi connectivity index (χ0v) is 15.0. The molecule has 2 amide bonds. The second-order valence-corrected chi connectivity index (χ2v) is 6.07. The minimum Gasteiger partial charge on any atom is -0.507 e. The van der Waals surface area contributed by atoms with Crippen LogP contribution in [-0.2, 0) is 9.59 Å². The third-order valence-corrected chi connectivity index (χ3v) is 4.06. The quantitative estimate of drug-likeness (QED) is 0.181. The summed E-state index contributed by atoms with van der Waals surface area (Å²) in [5, 5.41) is 10.7. The fourth-order valence-electron chi connectivity index (χ4n) is 2.70. The topological polar surface area (TPSA) is 114 Å². The van der Waals surface area contributed by atoms with Crippen molar-refractivity contribution in [2.24, 2.45) is 5.84 Å². The molecule has 0 bridgehead atoms. The Balaban J connectivity index is 1.88. The lowest BCUT2D eigenvalue weighted by molar-refractivity contribution is -0.140. The van der Waals surface area contributed by atoms with E-state index in [-0.39, 0.29) is 10.6 Å². The molecule has 0 aliphatic rings. The van der Waals surface area contributed by atoms with Crippen molar-refractivity contribution >= 4 is 34.3 Å². The molecule has 2 aromatic carbocycles. The summed E-state index contributed by atoms with van der Waals surface area (Å²) in [5.41, 5.74) is 1.65. The van der Waals surface area contributed by atoms with Gasteiger partial charge in [-0.05, 0) is 19.1 Å². The molecular weight excluding hydrogens is 358 g/mol. The van der Waals surface area contributed by atoms with Crippen LogP contribution in [0, 0.1) is 6.92 Å². The van der Waals surface area contributed by atoms with Crippen LogP contribution in [0.15, 0.2) is 66.7 Å². The van der Waals surface area contributed by atoms with Crippen LogP contribution in [0.1, 0.15) is 21.6 Å². The predicted octanol–water partition coefficient (Wildman–Crippen LogP) is 2.55. The molecule has 0 saturated carbocycles. The summed E-state index contributed by atoms with van der Waals surface area (Å²) in [5.74, 6) is 2.02. The standard InChI is InChI=1S/C21H17N3O4/c1-13-11-16(15-9-5-6-10-17(15)23-13)20(27)24(22)21(28)19(26)12-18(25)14-7-3-2-4-8-14/h2-12,25H,22H2,1H3. The molecule has 0 atom stereocenters. The van der Waals surface area contributed by atoms with Gasteiger partial charge in [-0.3, -0.25) is 19.4 Å². The monoisotopic (exact) mass is 375 g/mol. The minimum absolute atomic E-state index is 0.156. The number of imide groups is 1. The molecule has 0 fully saturated rings. The Morgan fingerprint density at radius 3 is 2.39 bits per heavy atom. The van der Waals surface area contributed by atoms with Gasteiger partial charge in [-0.15, -0.1) is 0 Å². The van der Waals surface area contributed by atoms with Crippen LogP contribution in [-0.4, -0.2) is 32.7 Å². The van der Waals surface area contributed by atoms with Gasteiger partial charge < -0.3 is 5.11 Å². The maximum atomic E-state index is 12.7. The number of rotatable bonds is 4. The first-order valence-electron chi connectivity index (χ1n) is 8.38. The lowest BCUT2D eigenvalue weighted by atomic mass is 10.1. The number of para-hydroxylation sites is 1. The van der Waals surface area contributed by atoms with Crippen molar-refractivity contribution in [3.8, 4) is 0 Å². The summed E-state index contributed by atoms with van der Waals surface area (Å²) < 4.78 is 0. The zero-order chi connectivity index (χ0) is 20.3. The number of aromatic nitrogens is 1. The van der Waals surface area contributed by atoms with Crippen molar-refractivity contribution in [1.82, 2.24) is 9.99 Å². The van der Waals surface area contributed by atoms with E-state index < -0.39 is 23.4 Å². The lowest BCUT2D eigenvalue weighted by Gasteiger charge is -2.15. The minimum atomic E-state index is -1.26. The number of carbonyl (C=O) groups is 3. The summed E-state index contributed by atoms with van der Waals surface area (Å²) in [6.07, 6.45) is 0.737. The Hall–Kier alpha value is -3.84. The van der Waals surface area contributed by atoms with Gasteiger partial charge >= 0.3 is 5.91 Å². The van der Waals surface area contributed by atoms with Gasteiger partial charge in [0, 0.05) is 22.7 Å². The van der Waals surface area contributed by atoms with E-state index in [9.17, 15) is 19.5 Å². The smallest absolute Gasteiger partial charge is 0.315 e. The maximum absolute atomic E-state index is 12.7. The van der Waals surface area contributed by atoms with Crippen LogP contribution >= 0.6 is 0 Å². The van der Waals surface area contributed by atoms with Crippen LogP contribution in [0.3, 0.4) is 0 Å². The molecule has 3 rings (SSSR count). The second-order valence-electron chi connectivity index (χ2n) is 6.07. The van der Waals surface area contributed by atoms with E-state index in [0.717, 1.165) is 6.08 Å². The summed E-state index contributed by atoms with van der Waals surface area (Å²) in [6.45, 7) is 1.71. The van der Waals surface area contributed by atoms with Gasteiger partial charge in [0.05, 0.1) is 11.1 Å². The number of amides is 2. The van der Waals surface area contributed by atoms with Crippen LogP contribution < -0.4 is 5.84 Å². The SMILES string of the molecule is Cc1cc(C(=O)N(N)C(=O)C(=O)C=C(O)c2ccccc2)c2ccccc2n1. The summed E-state index contributed by atoms with van der Waals surface area (Å²) in [4.78, 5) is 41.5. The van der Waals surface area contributed by atoms with Gasteiger partial charge in [0.25, 0.3) is 5.91 Å². The highest BCUT2D eigenvalue weighted by molar-refractivity contribution is 6.44. The van der Waals surface area contributed by atoms with Gasteiger partial charge in [0.2, 0.25) is 5.78 Å². The van der Waals surface area contributed by atoms with Gasteiger partial charge in [-0.1, -0.05) is 48.5 Å². The average Bonchev–Trinajstić information content (AvgIpc) is 2.71. The van der Waals surface area contributed by atoms with Gasteiger partial charge in [0.15, 0.2) is 0 Å². The Morgan fingerprint density at radius 2 is 1.68 bits per heavy atom. The highest BCUT2D eigenvalue weighted by atomic mass is 16.3. The molecule has 7 heteroatoms. The number of hydrogen-bond donors (Lipinski definition) is 2. The van der Waals surface area contributed by atoms with Crippen LogP contribution in [0.5, 0.6) is 0 Å². The van der Waals surface area contributed by atoms with Crippen LogP contribution in [0.4, 0.5) is 0 Å². The number of ketones is 1. The number of carbonyl (C=O) groups excluding carboxylic acids is 3. The number of nitrogens with two attached hydrogens (primary N) is 1. The number of hydrazine groups is 1. The van der Waals surface area contributed by atoms with Crippen LogP contribution in [0.25, 0.3) is 16.7 Å². The van der Waals surface area contributed by atoms with Gasteiger partial charge in [0.1, 0.15) is 5.76 Å². The van der Waals surface area contributed by atoms with E-state index in [1.54, 1.807) is 61.5 Å². The largest absolute Gasteiger partial charge is 0.507 e. The molecular formula is C21H17N3O4. The predicted molar refractivity (Wildman–Crippen MR) is 104 cm³/mol. The lowest BCUT2D eigenvalue weighted by Crippen LogP contribution is -2.46. The third-order valence-electron chi connectivity index (χ3n) is 4.06. The Bertz CT molecular complexity index is 1110. The van der Waals surface area contributed by atoms with Crippen molar-refractivity contribution in [2.75, 3.05) is 0 Å². The van der Waals surface area contributed by atoms with E-state index in [4.69, 9.17) is 5.84 Å². The fraction of sp³-hybridized carbons (Fsp3) is 0.0476. The number of aliphatic hydroxyl groups is 1. The highest BCUT2D eigenvalue weighted by Crippen LogP contribution is 2.19. The first-order chi connectivity index (χ1) is 13.4. The number of hydrogen-bond acceptors (Lipinski definition) is 6.